The second-order valence-corrected chi connectivity index (χ2v) is 5.73. The number of ketones is 1. The molecule has 0 amide bonds. The number of benzene rings is 2. The third-order valence-electron chi connectivity index (χ3n) is 3.53. The first-order chi connectivity index (χ1) is 9.52. The number of carbonyl (C=O) groups excluding carboxylic acids is 1. The number of carbonyl (C=O) groups is 1. The van der Waals surface area contributed by atoms with E-state index in [4.69, 9.17) is 23.2 Å². The number of rotatable bonds is 4. The van der Waals surface area contributed by atoms with Gasteiger partial charge in [-0.1, -0.05) is 61.3 Å². The van der Waals surface area contributed by atoms with E-state index in [0.29, 0.717) is 27.1 Å². The summed E-state index contributed by atoms with van der Waals surface area (Å²) in [6.45, 7) is 4.32. The van der Waals surface area contributed by atoms with Crippen LogP contribution in [0.1, 0.15) is 47.7 Å². The standard InChI is InChI=1S/C17H16Cl2O/c1-3-11(2)12-4-6-13(7-5-12)17(20)15-9-8-14(18)10-16(15)19/h4-11H,3H2,1-2H3. The molecule has 0 saturated carbocycles. The first kappa shape index (κ1) is 15.1. The Hall–Kier alpha value is -1.31. The maximum atomic E-state index is 12.4. The van der Waals surface area contributed by atoms with Crippen LogP contribution >= 0.6 is 23.2 Å². The average molecular weight is 307 g/mol. The third-order valence-corrected chi connectivity index (χ3v) is 4.08. The van der Waals surface area contributed by atoms with Gasteiger partial charge in [0.25, 0.3) is 0 Å². The van der Waals surface area contributed by atoms with E-state index < -0.39 is 0 Å². The lowest BCUT2D eigenvalue weighted by Crippen LogP contribution is -2.02. The molecule has 0 aliphatic heterocycles. The lowest BCUT2D eigenvalue weighted by molar-refractivity contribution is 0.103. The van der Waals surface area contributed by atoms with Gasteiger partial charge >= 0.3 is 0 Å². The van der Waals surface area contributed by atoms with Gasteiger partial charge in [0.15, 0.2) is 5.78 Å². The minimum Gasteiger partial charge on any atom is -0.289 e. The van der Waals surface area contributed by atoms with Crippen molar-refractivity contribution < 1.29 is 4.79 Å². The predicted molar refractivity (Wildman–Crippen MR) is 85.0 cm³/mol. The SMILES string of the molecule is CCC(C)c1ccc(C(=O)c2ccc(Cl)cc2Cl)cc1. The summed E-state index contributed by atoms with van der Waals surface area (Å²) in [7, 11) is 0. The van der Waals surface area contributed by atoms with Crippen LogP contribution in [0.5, 0.6) is 0 Å². The topological polar surface area (TPSA) is 17.1 Å². The lowest BCUT2D eigenvalue weighted by Gasteiger charge is -2.10. The van der Waals surface area contributed by atoms with Crippen molar-refractivity contribution in [3.63, 3.8) is 0 Å². The highest BCUT2D eigenvalue weighted by Crippen LogP contribution is 2.25. The monoisotopic (exact) mass is 306 g/mol. The smallest absolute Gasteiger partial charge is 0.194 e. The summed E-state index contributed by atoms with van der Waals surface area (Å²) in [5, 5.41) is 0.909. The minimum atomic E-state index is -0.0811. The number of hydrogen-bond acceptors (Lipinski definition) is 1. The van der Waals surface area contributed by atoms with Gasteiger partial charge in [-0.15, -0.1) is 0 Å². The van der Waals surface area contributed by atoms with Crippen LogP contribution in [0.15, 0.2) is 42.5 Å². The fourth-order valence-electron chi connectivity index (χ4n) is 2.03. The third kappa shape index (κ3) is 3.23. The van der Waals surface area contributed by atoms with Gasteiger partial charge in [0.2, 0.25) is 0 Å². The normalized spacial score (nSPS) is 12.2. The quantitative estimate of drug-likeness (QED) is 0.658. The van der Waals surface area contributed by atoms with Crippen molar-refractivity contribution in [1.29, 1.82) is 0 Å². The van der Waals surface area contributed by atoms with E-state index in [1.807, 2.05) is 24.3 Å². The molecule has 20 heavy (non-hydrogen) atoms. The molecule has 0 N–H and O–H groups in total. The second-order valence-electron chi connectivity index (χ2n) is 4.88. The molecule has 0 aromatic heterocycles. The fourth-order valence-corrected chi connectivity index (χ4v) is 2.52. The molecule has 0 aliphatic carbocycles. The van der Waals surface area contributed by atoms with Gasteiger partial charge in [0, 0.05) is 16.1 Å². The molecule has 0 spiro atoms. The average Bonchev–Trinajstić information content (AvgIpc) is 2.46. The molecule has 3 heteroatoms. The number of halogens is 2. The van der Waals surface area contributed by atoms with Crippen LogP contribution < -0.4 is 0 Å². The maximum absolute atomic E-state index is 12.4. The molecule has 0 fully saturated rings. The van der Waals surface area contributed by atoms with Gasteiger partial charge in [-0.2, -0.15) is 0 Å². The van der Waals surface area contributed by atoms with Gasteiger partial charge in [0.05, 0.1) is 5.02 Å². The van der Waals surface area contributed by atoms with E-state index in [2.05, 4.69) is 13.8 Å². The van der Waals surface area contributed by atoms with Gasteiger partial charge in [0.1, 0.15) is 0 Å². The Labute approximate surface area is 129 Å². The summed E-state index contributed by atoms with van der Waals surface area (Å²) >= 11 is 11.9. The largest absolute Gasteiger partial charge is 0.289 e. The van der Waals surface area contributed by atoms with Gasteiger partial charge in [-0.25, -0.2) is 0 Å². The zero-order valence-electron chi connectivity index (χ0n) is 11.5. The van der Waals surface area contributed by atoms with Crippen LogP contribution in [-0.2, 0) is 0 Å². The number of hydrogen-bond donors (Lipinski definition) is 0. The molecule has 1 nitrogen and oxygen atoms in total. The summed E-state index contributed by atoms with van der Waals surface area (Å²) in [6.07, 6.45) is 1.08. The van der Waals surface area contributed by atoms with E-state index in [1.54, 1.807) is 18.2 Å². The second kappa shape index (κ2) is 6.43. The fraction of sp³-hybridized carbons (Fsp3) is 0.235. The summed E-state index contributed by atoms with van der Waals surface area (Å²) < 4.78 is 0. The van der Waals surface area contributed by atoms with E-state index >= 15 is 0 Å². The van der Waals surface area contributed by atoms with E-state index in [1.165, 1.54) is 5.56 Å². The van der Waals surface area contributed by atoms with Crippen molar-refractivity contribution in [3.05, 3.63) is 69.2 Å². The van der Waals surface area contributed by atoms with Crippen molar-refractivity contribution in [3.8, 4) is 0 Å². The van der Waals surface area contributed by atoms with Crippen LogP contribution in [0.4, 0.5) is 0 Å². The van der Waals surface area contributed by atoms with Crippen molar-refractivity contribution in [2.45, 2.75) is 26.2 Å². The Bertz CT molecular complexity index is 617. The zero-order valence-corrected chi connectivity index (χ0v) is 13.0. The molecule has 2 rings (SSSR count). The molecule has 2 aromatic rings. The van der Waals surface area contributed by atoms with Gasteiger partial charge in [-0.3, -0.25) is 4.79 Å². The molecule has 0 heterocycles. The summed E-state index contributed by atoms with van der Waals surface area (Å²) in [5.74, 6) is 0.417. The van der Waals surface area contributed by atoms with E-state index in [9.17, 15) is 4.79 Å². The van der Waals surface area contributed by atoms with Crippen molar-refractivity contribution in [2.24, 2.45) is 0 Å². The first-order valence-electron chi connectivity index (χ1n) is 6.62. The summed E-state index contributed by atoms with van der Waals surface area (Å²) in [5.41, 5.74) is 2.36. The predicted octanol–water partition coefficient (Wildman–Crippen LogP) is 5.74. The van der Waals surface area contributed by atoms with Crippen molar-refractivity contribution in [2.75, 3.05) is 0 Å². The highest BCUT2D eigenvalue weighted by atomic mass is 35.5. The minimum absolute atomic E-state index is 0.0811. The molecule has 1 unspecified atom stereocenters. The molecule has 1 atom stereocenters. The van der Waals surface area contributed by atoms with E-state index in [-0.39, 0.29) is 5.78 Å². The van der Waals surface area contributed by atoms with Crippen molar-refractivity contribution >= 4 is 29.0 Å². The Balaban J connectivity index is 2.29. The molecule has 0 saturated heterocycles. The van der Waals surface area contributed by atoms with Gasteiger partial charge in [-0.05, 0) is 36.1 Å². The summed E-state index contributed by atoms with van der Waals surface area (Å²) in [6, 6.07) is 12.6. The Kier molecular flexibility index (Phi) is 4.85. The van der Waals surface area contributed by atoms with Crippen LogP contribution in [0.25, 0.3) is 0 Å². The van der Waals surface area contributed by atoms with Crippen LogP contribution in [-0.4, -0.2) is 5.78 Å². The molecular weight excluding hydrogens is 291 g/mol. The van der Waals surface area contributed by atoms with Crippen LogP contribution in [0.2, 0.25) is 10.0 Å². The Morgan fingerprint density at radius 2 is 1.75 bits per heavy atom. The van der Waals surface area contributed by atoms with Crippen molar-refractivity contribution in [1.82, 2.24) is 0 Å². The van der Waals surface area contributed by atoms with Crippen LogP contribution in [0, 0.1) is 0 Å². The Morgan fingerprint density at radius 3 is 2.30 bits per heavy atom. The molecule has 2 aromatic carbocycles. The molecule has 0 aliphatic rings. The zero-order chi connectivity index (χ0) is 14.7. The Morgan fingerprint density at radius 1 is 1.10 bits per heavy atom. The highest BCUT2D eigenvalue weighted by Gasteiger charge is 2.13. The van der Waals surface area contributed by atoms with Crippen LogP contribution in [0.3, 0.4) is 0 Å². The first-order valence-corrected chi connectivity index (χ1v) is 7.38. The molecule has 0 bridgehead atoms. The van der Waals surface area contributed by atoms with E-state index in [0.717, 1.165) is 6.42 Å². The van der Waals surface area contributed by atoms with Gasteiger partial charge < -0.3 is 0 Å². The highest BCUT2D eigenvalue weighted by molar-refractivity contribution is 6.37. The lowest BCUT2D eigenvalue weighted by atomic mass is 9.95. The summed E-state index contributed by atoms with van der Waals surface area (Å²) in [4.78, 5) is 12.4. The molecular formula is C17H16Cl2O. The molecule has 0 radical (unpaired) electrons. The maximum Gasteiger partial charge on any atom is 0.194 e. The molecule has 104 valence electrons.